The summed E-state index contributed by atoms with van der Waals surface area (Å²) in [6, 6.07) is 8.87. The van der Waals surface area contributed by atoms with Crippen molar-refractivity contribution in [1.29, 1.82) is 0 Å². The van der Waals surface area contributed by atoms with Crippen LogP contribution < -0.4 is 21.3 Å². The molecule has 0 aromatic heterocycles. The molecule has 2 heterocycles. The van der Waals surface area contributed by atoms with E-state index >= 15 is 0 Å². The van der Waals surface area contributed by atoms with Gasteiger partial charge in [0.25, 0.3) is 0 Å². The lowest BCUT2D eigenvalue weighted by Gasteiger charge is -2.72. The minimum absolute atomic E-state index is 0.443. The minimum atomic E-state index is 0.443. The van der Waals surface area contributed by atoms with Crippen molar-refractivity contribution in [3.05, 3.63) is 0 Å². The van der Waals surface area contributed by atoms with E-state index in [4.69, 9.17) is 0 Å². The van der Waals surface area contributed by atoms with Gasteiger partial charge in [0.05, 0.1) is 12.3 Å². The van der Waals surface area contributed by atoms with E-state index in [1.807, 2.05) is 0 Å². The Bertz CT molecular complexity index is 2420. The fourth-order valence-electron chi connectivity index (χ4n) is 31.9. The first-order valence-corrected chi connectivity index (χ1v) is 55.1. The van der Waals surface area contributed by atoms with Crippen molar-refractivity contribution in [3.8, 4) is 0 Å². The molecule has 12 aliphatic carbocycles. The first-order valence-electron chi connectivity index (χ1n) is 55.1. The summed E-state index contributed by atoms with van der Waals surface area (Å²) in [5, 5.41) is 18.5. The van der Waals surface area contributed by atoms with E-state index in [0.29, 0.717) is 48.3 Å². The molecule has 0 aromatic rings. The molecule has 12 atom stereocenters. The molecule has 12 saturated carbocycles. The predicted octanol–water partition coefficient (Wildman–Crippen LogP) is 27.6. The maximum atomic E-state index is 4.63. The van der Waals surface area contributed by atoms with Gasteiger partial charge in [0.15, 0.2) is 0 Å². The second-order valence-corrected chi connectivity index (χ2v) is 46.0. The van der Waals surface area contributed by atoms with Crippen molar-refractivity contribution in [2.75, 3.05) is 26.2 Å². The first-order chi connectivity index (χ1) is 57.1. The number of unbranched alkanes of at least 4 members (excludes halogenated alkanes) is 20. The summed E-state index contributed by atoms with van der Waals surface area (Å²) in [5.41, 5.74) is 0. The zero-order valence-corrected chi connectivity index (χ0v) is 78.6. The molecule has 14 rings (SSSR count). The highest BCUT2D eigenvalue weighted by atomic mass is 15.3. The van der Waals surface area contributed by atoms with E-state index in [1.54, 1.807) is 0 Å². The number of hydrogen-bond acceptors (Lipinski definition) is 8. The van der Waals surface area contributed by atoms with E-state index in [0.717, 1.165) is 131 Å². The molecule has 14 fully saturated rings. The molecule has 670 valence electrons. The van der Waals surface area contributed by atoms with Crippen molar-refractivity contribution in [2.24, 2.45) is 94.7 Å². The van der Waals surface area contributed by atoms with E-state index in [9.17, 15) is 0 Å². The Balaban J connectivity index is 0.927. The van der Waals surface area contributed by atoms with Crippen LogP contribution in [-0.2, 0) is 0 Å². The normalized spacial score (nSPS) is 40.6. The molecule has 14 aliphatic rings. The lowest BCUT2D eigenvalue weighted by Crippen LogP contribution is -2.77. The third-order valence-corrected chi connectivity index (χ3v) is 38.2. The summed E-state index contributed by atoms with van der Waals surface area (Å²) in [4.78, 5) is 14.9. The number of nitrogens with zero attached hydrogens (tertiary/aromatic N) is 4. The van der Waals surface area contributed by atoms with Gasteiger partial charge in [-0.2, -0.15) is 0 Å². The van der Waals surface area contributed by atoms with Crippen molar-refractivity contribution in [2.45, 2.75) is 564 Å². The Morgan fingerprint density at radius 1 is 0.207 bits per heavy atom. The topological polar surface area (TPSA) is 61.1 Å². The summed E-state index contributed by atoms with van der Waals surface area (Å²) < 4.78 is 0. The van der Waals surface area contributed by atoms with Gasteiger partial charge in [-0.15, -0.1) is 0 Å². The third-order valence-electron chi connectivity index (χ3n) is 38.2. The molecule has 4 N–H and O–H groups in total. The summed E-state index contributed by atoms with van der Waals surface area (Å²) in [6.07, 6.45) is 98.1. The molecule has 0 spiro atoms. The monoisotopic (exact) mass is 1610 g/mol. The molecule has 0 amide bonds. The van der Waals surface area contributed by atoms with Crippen molar-refractivity contribution >= 4 is 0 Å². The standard InChI is InChI=1S/C108H198N8/c1-9-13-17-21-25-29-35-83-47-63-91(64-48-83)113(87-55-39-79(5)40-56-87)99-77-101(115(89-59-43-81(7)44-60-89)93-67-51-85(52-68-93)37-31-27-23-19-15-11-3)103-98(108-111-73-34-74-112-108)76-96-100(114(88-57-41-80(6)42-58-88)92-65-49-84(50-66-92)36-30-26-22-18-14-10-2)78-102(104-97(107-109-71-33-72-110-107)75-95(99)105(103)106(96)104)116(90-61-45-82(8)46-62-90)94-69-53-86(54-70-94)38-32-28-24-20-16-12-4/h79-112H,9-78H2,1-8H3. The largest absolute Gasteiger partial charge is 0.302 e. The summed E-state index contributed by atoms with van der Waals surface area (Å²) in [5.74, 6) is 13.4. The second-order valence-electron chi connectivity index (χ2n) is 46.0. The Morgan fingerprint density at radius 3 is 0.647 bits per heavy atom. The molecular weight excluding hydrogens is 1410 g/mol. The summed E-state index contributed by atoms with van der Waals surface area (Å²) in [7, 11) is 0. The smallest absolute Gasteiger partial charge is 0.0604 e. The van der Waals surface area contributed by atoms with Crippen LogP contribution in [0.2, 0.25) is 0 Å². The van der Waals surface area contributed by atoms with Gasteiger partial charge in [0.2, 0.25) is 0 Å². The molecule has 0 radical (unpaired) electrons. The van der Waals surface area contributed by atoms with Crippen LogP contribution in [0.15, 0.2) is 0 Å². The maximum absolute atomic E-state index is 4.63. The van der Waals surface area contributed by atoms with Crippen LogP contribution in [0.1, 0.15) is 479 Å². The third kappa shape index (κ3) is 24.3. The van der Waals surface area contributed by atoms with Gasteiger partial charge in [-0.25, -0.2) is 0 Å². The lowest BCUT2D eigenvalue weighted by molar-refractivity contribution is -0.231. The fraction of sp³-hybridized carbons (Fsp3) is 1.00. The van der Waals surface area contributed by atoms with Gasteiger partial charge in [0.1, 0.15) is 0 Å². The highest BCUT2D eigenvalue weighted by Gasteiger charge is 2.69. The predicted molar refractivity (Wildman–Crippen MR) is 498 cm³/mol. The van der Waals surface area contributed by atoms with Crippen LogP contribution in [0.3, 0.4) is 0 Å². The van der Waals surface area contributed by atoms with Crippen molar-refractivity contribution < 1.29 is 0 Å². The highest BCUT2D eigenvalue weighted by molar-refractivity contribution is 5.21. The van der Waals surface area contributed by atoms with E-state index in [-0.39, 0.29) is 0 Å². The molecule has 2 aliphatic heterocycles. The molecule has 0 aromatic carbocycles. The SMILES string of the molecule is CCCCCCCCC1CCC(N(C2CCC(C)CC2)C2CC(N(C3CCC(C)CC3)C3CCC(CCCCCCCC)CC3)C3C(C4NCCCN4)CC4C5C3C2CC(C2NCCCN2)C5C(N(C2CCC(C)CC2)C2CCC(CCCCCCCC)CC2)CC4N(C2CCC(C)CC2)C2CCC(CCCCCCCC)CC2)CC1. The quantitative estimate of drug-likeness (QED) is 0.0451. The molecule has 2 saturated heterocycles. The fourth-order valence-corrected chi connectivity index (χ4v) is 31.9. The average molecular weight is 1610 g/mol. The van der Waals surface area contributed by atoms with Crippen LogP contribution >= 0.6 is 0 Å². The van der Waals surface area contributed by atoms with Gasteiger partial charge in [0, 0.05) is 72.5 Å². The van der Waals surface area contributed by atoms with Crippen LogP contribution in [0.25, 0.3) is 0 Å². The van der Waals surface area contributed by atoms with E-state index < -0.39 is 0 Å². The van der Waals surface area contributed by atoms with Gasteiger partial charge in [-0.3, -0.25) is 19.6 Å². The Morgan fingerprint density at radius 2 is 0.414 bits per heavy atom. The highest BCUT2D eigenvalue weighted by Crippen LogP contribution is 2.68. The first kappa shape index (κ1) is 91.9. The van der Waals surface area contributed by atoms with Gasteiger partial charge in [-0.1, -0.05) is 235 Å². The molecule has 8 nitrogen and oxygen atoms in total. The zero-order valence-electron chi connectivity index (χ0n) is 78.6. The second kappa shape index (κ2) is 48.0. The average Bonchev–Trinajstić information content (AvgIpc) is 0.684. The number of rotatable bonds is 42. The van der Waals surface area contributed by atoms with Crippen LogP contribution in [0.4, 0.5) is 0 Å². The Hall–Kier alpha value is -0.320. The van der Waals surface area contributed by atoms with Crippen LogP contribution in [-0.4, -0.2) is 131 Å². The summed E-state index contributed by atoms with van der Waals surface area (Å²) in [6.45, 7) is 25.2. The minimum Gasteiger partial charge on any atom is -0.302 e. The summed E-state index contributed by atoms with van der Waals surface area (Å²) >= 11 is 0. The van der Waals surface area contributed by atoms with Crippen molar-refractivity contribution in [1.82, 2.24) is 40.9 Å². The van der Waals surface area contributed by atoms with Crippen LogP contribution in [0, 0.1) is 94.7 Å². The Labute approximate surface area is 721 Å². The molecular formula is C108H198N8. The maximum Gasteiger partial charge on any atom is 0.0604 e. The lowest BCUT2D eigenvalue weighted by atomic mass is 9.40. The molecule has 116 heavy (non-hydrogen) atoms. The number of hydrogen-bond donors (Lipinski definition) is 4. The Kier molecular flexibility index (Phi) is 38.0. The molecule has 12 unspecified atom stereocenters. The van der Waals surface area contributed by atoms with Gasteiger partial charge < -0.3 is 21.3 Å². The van der Waals surface area contributed by atoms with Crippen LogP contribution in [0.5, 0.6) is 0 Å². The zero-order chi connectivity index (χ0) is 80.0. The van der Waals surface area contributed by atoms with Crippen molar-refractivity contribution in [3.63, 3.8) is 0 Å². The van der Waals surface area contributed by atoms with E-state index in [2.05, 4.69) is 96.3 Å². The molecule has 0 bridgehead atoms. The van der Waals surface area contributed by atoms with Gasteiger partial charge in [-0.05, 0) is 365 Å². The van der Waals surface area contributed by atoms with E-state index in [1.165, 1.54) is 450 Å². The number of nitrogens with one attached hydrogen (secondary N) is 4. The molecule has 8 heteroatoms. The van der Waals surface area contributed by atoms with Gasteiger partial charge >= 0.3 is 0 Å².